The van der Waals surface area contributed by atoms with Crippen LogP contribution in [0.5, 0.6) is 17.4 Å². The van der Waals surface area contributed by atoms with Crippen LogP contribution in [-0.2, 0) is 29.4 Å². The van der Waals surface area contributed by atoms with Crippen molar-refractivity contribution >= 4 is 11.6 Å². The molecule has 0 radical (unpaired) electrons. The molecule has 1 amide bonds. The highest BCUT2D eigenvalue weighted by Gasteiger charge is 2.39. The van der Waals surface area contributed by atoms with E-state index < -0.39 is 41.9 Å². The Balaban J connectivity index is 1.48. The molecule has 238 valence electrons. The summed E-state index contributed by atoms with van der Waals surface area (Å²) in [6, 6.07) is 14.0. The zero-order valence-corrected chi connectivity index (χ0v) is 25.2. The minimum atomic E-state index is -4.77. The molecule has 45 heavy (non-hydrogen) atoms. The molecule has 0 aliphatic heterocycles. The molecule has 0 aliphatic carbocycles. The van der Waals surface area contributed by atoms with Gasteiger partial charge >= 0.3 is 6.18 Å². The standard InChI is InChI=1S/C33H33F4N3O5/c1-5-44-28-15-30(45-18-20-6-10-24(43-4)11-7-20)38-17-25(28)21-8-9-22(27(34)12-21)13-29(42)40-23-14-26(33(35,36)37)31(39-16-23)32(2,3)19-41/h6-12,14-17,41H,5,13,18-19H2,1-4H3,(H,40,42). The van der Waals surface area contributed by atoms with Crippen LogP contribution >= 0.6 is 0 Å². The number of carbonyl (C=O) groups is 1. The molecule has 0 saturated heterocycles. The number of benzene rings is 2. The zero-order chi connectivity index (χ0) is 32.8. The Labute approximate surface area is 258 Å². The average molecular weight is 628 g/mol. The van der Waals surface area contributed by atoms with E-state index in [2.05, 4.69) is 15.3 Å². The second kappa shape index (κ2) is 13.9. The van der Waals surface area contributed by atoms with Gasteiger partial charge in [-0.2, -0.15) is 13.2 Å². The summed E-state index contributed by atoms with van der Waals surface area (Å²) in [5.74, 6) is 0.0232. The molecular formula is C33H33F4N3O5. The van der Waals surface area contributed by atoms with Gasteiger partial charge in [0.25, 0.3) is 0 Å². The Morgan fingerprint density at radius 1 is 0.978 bits per heavy atom. The van der Waals surface area contributed by atoms with E-state index in [1.165, 1.54) is 32.2 Å². The van der Waals surface area contributed by atoms with Gasteiger partial charge in [0, 0.05) is 23.2 Å². The van der Waals surface area contributed by atoms with Gasteiger partial charge in [-0.15, -0.1) is 0 Å². The first kappa shape index (κ1) is 33.2. The van der Waals surface area contributed by atoms with Crippen molar-refractivity contribution in [1.82, 2.24) is 9.97 Å². The number of carbonyl (C=O) groups excluding carboxylic acids is 1. The molecule has 0 aliphatic rings. The van der Waals surface area contributed by atoms with Crippen LogP contribution < -0.4 is 19.5 Å². The van der Waals surface area contributed by atoms with Gasteiger partial charge in [-0.1, -0.05) is 38.1 Å². The van der Waals surface area contributed by atoms with E-state index in [-0.39, 0.29) is 23.6 Å². The summed E-state index contributed by atoms with van der Waals surface area (Å²) < 4.78 is 73.1. The number of rotatable bonds is 12. The zero-order valence-electron chi connectivity index (χ0n) is 25.2. The van der Waals surface area contributed by atoms with Crippen molar-refractivity contribution in [3.05, 3.63) is 95.2 Å². The predicted molar refractivity (Wildman–Crippen MR) is 160 cm³/mol. The van der Waals surface area contributed by atoms with E-state index in [1.807, 2.05) is 24.3 Å². The highest BCUT2D eigenvalue weighted by atomic mass is 19.4. The Bertz CT molecular complexity index is 1640. The number of ether oxygens (including phenoxy) is 3. The third kappa shape index (κ3) is 8.27. The first-order chi connectivity index (χ1) is 21.3. The summed E-state index contributed by atoms with van der Waals surface area (Å²) in [7, 11) is 1.59. The number of hydrogen-bond donors (Lipinski definition) is 2. The molecule has 0 spiro atoms. The lowest BCUT2D eigenvalue weighted by Gasteiger charge is -2.25. The van der Waals surface area contributed by atoms with Gasteiger partial charge in [-0.25, -0.2) is 9.37 Å². The Morgan fingerprint density at radius 2 is 1.71 bits per heavy atom. The molecule has 2 aromatic heterocycles. The third-order valence-electron chi connectivity index (χ3n) is 6.91. The van der Waals surface area contributed by atoms with Crippen molar-refractivity contribution < 1.29 is 41.7 Å². The van der Waals surface area contributed by atoms with Crippen molar-refractivity contribution in [2.45, 2.75) is 45.4 Å². The second-order valence-corrected chi connectivity index (χ2v) is 10.8. The third-order valence-corrected chi connectivity index (χ3v) is 6.91. The van der Waals surface area contributed by atoms with E-state index in [9.17, 15) is 23.1 Å². The van der Waals surface area contributed by atoms with Crippen LogP contribution in [0, 0.1) is 5.82 Å². The fourth-order valence-electron chi connectivity index (χ4n) is 4.47. The van der Waals surface area contributed by atoms with E-state index in [1.54, 1.807) is 26.2 Å². The van der Waals surface area contributed by atoms with E-state index >= 15 is 4.39 Å². The van der Waals surface area contributed by atoms with E-state index in [0.717, 1.165) is 23.6 Å². The molecule has 2 aromatic carbocycles. The maximum Gasteiger partial charge on any atom is 0.418 e. The number of anilines is 1. The Kier molecular flexibility index (Phi) is 10.3. The lowest BCUT2D eigenvalue weighted by Crippen LogP contribution is -2.28. The number of nitrogens with zero attached hydrogens (tertiary/aromatic N) is 2. The summed E-state index contributed by atoms with van der Waals surface area (Å²) in [6.45, 7) is 4.68. The van der Waals surface area contributed by atoms with Gasteiger partial charge in [0.1, 0.15) is 23.9 Å². The minimum absolute atomic E-state index is 0.0312. The lowest BCUT2D eigenvalue weighted by molar-refractivity contribution is -0.139. The highest BCUT2D eigenvalue weighted by molar-refractivity contribution is 5.92. The van der Waals surface area contributed by atoms with Gasteiger partial charge in [0.05, 0.1) is 49.9 Å². The SMILES string of the molecule is CCOc1cc(OCc2ccc(OC)cc2)ncc1-c1ccc(CC(=O)Nc2cnc(C(C)(C)CO)c(C(F)(F)F)c2)c(F)c1. The van der Waals surface area contributed by atoms with Gasteiger partial charge in [-0.3, -0.25) is 9.78 Å². The molecule has 12 heteroatoms. The second-order valence-electron chi connectivity index (χ2n) is 10.8. The quantitative estimate of drug-likeness (QED) is 0.168. The van der Waals surface area contributed by atoms with Crippen LogP contribution in [0.25, 0.3) is 11.1 Å². The predicted octanol–water partition coefficient (Wildman–Crippen LogP) is 6.74. The van der Waals surface area contributed by atoms with Gasteiger partial charge < -0.3 is 24.6 Å². The molecule has 2 N–H and O–H groups in total. The van der Waals surface area contributed by atoms with Crippen LogP contribution in [0.4, 0.5) is 23.2 Å². The molecular weight excluding hydrogens is 594 g/mol. The molecule has 8 nitrogen and oxygen atoms in total. The Morgan fingerprint density at radius 3 is 2.33 bits per heavy atom. The number of alkyl halides is 3. The topological polar surface area (TPSA) is 103 Å². The van der Waals surface area contributed by atoms with Gasteiger partial charge in [0.15, 0.2) is 0 Å². The fourth-order valence-corrected chi connectivity index (χ4v) is 4.47. The van der Waals surface area contributed by atoms with E-state index in [4.69, 9.17) is 14.2 Å². The van der Waals surface area contributed by atoms with Crippen LogP contribution in [0.2, 0.25) is 0 Å². The number of methoxy groups -OCH3 is 1. The normalized spacial score (nSPS) is 11.7. The maximum absolute atomic E-state index is 15.2. The number of aliphatic hydroxyl groups is 1. The number of pyridine rings is 2. The van der Waals surface area contributed by atoms with Gasteiger partial charge in [0.2, 0.25) is 11.8 Å². The molecule has 0 atom stereocenters. The van der Waals surface area contributed by atoms with Crippen molar-refractivity contribution in [3.63, 3.8) is 0 Å². The van der Waals surface area contributed by atoms with Crippen LogP contribution in [-0.4, -0.2) is 41.3 Å². The molecule has 4 aromatic rings. The smallest absolute Gasteiger partial charge is 0.418 e. The monoisotopic (exact) mass is 627 g/mol. The Hall–Kier alpha value is -4.71. The number of halogens is 4. The van der Waals surface area contributed by atoms with Crippen LogP contribution in [0.15, 0.2) is 67.0 Å². The number of hydrogen-bond acceptors (Lipinski definition) is 7. The fraction of sp³-hybridized carbons (Fsp3) is 0.303. The van der Waals surface area contributed by atoms with Crippen molar-refractivity contribution in [2.75, 3.05) is 25.6 Å². The number of aliphatic hydroxyl groups excluding tert-OH is 1. The summed E-state index contributed by atoms with van der Waals surface area (Å²) in [5, 5.41) is 11.9. The number of amides is 1. The molecule has 4 rings (SSSR count). The largest absolute Gasteiger partial charge is 0.497 e. The van der Waals surface area contributed by atoms with Crippen molar-refractivity contribution in [1.29, 1.82) is 0 Å². The molecule has 0 saturated carbocycles. The number of nitrogens with one attached hydrogen (secondary N) is 1. The molecule has 0 fully saturated rings. The first-order valence-corrected chi connectivity index (χ1v) is 14.0. The average Bonchev–Trinajstić information content (AvgIpc) is 3.01. The molecule has 0 unspecified atom stereocenters. The van der Waals surface area contributed by atoms with Crippen LogP contribution in [0.3, 0.4) is 0 Å². The number of aromatic nitrogens is 2. The van der Waals surface area contributed by atoms with Crippen molar-refractivity contribution in [2.24, 2.45) is 0 Å². The van der Waals surface area contributed by atoms with Crippen molar-refractivity contribution in [3.8, 4) is 28.5 Å². The molecule has 2 heterocycles. The van der Waals surface area contributed by atoms with E-state index in [0.29, 0.717) is 29.4 Å². The molecule has 0 bridgehead atoms. The highest BCUT2D eigenvalue weighted by Crippen LogP contribution is 2.38. The summed E-state index contributed by atoms with van der Waals surface area (Å²) in [6.07, 6.45) is -2.63. The van der Waals surface area contributed by atoms with Crippen LogP contribution in [0.1, 0.15) is 43.2 Å². The first-order valence-electron chi connectivity index (χ1n) is 14.0. The summed E-state index contributed by atoms with van der Waals surface area (Å²) >= 11 is 0. The summed E-state index contributed by atoms with van der Waals surface area (Å²) in [5.41, 5.74) is -1.02. The lowest BCUT2D eigenvalue weighted by atomic mass is 9.86. The maximum atomic E-state index is 15.2. The summed E-state index contributed by atoms with van der Waals surface area (Å²) in [4.78, 5) is 20.9. The minimum Gasteiger partial charge on any atom is -0.497 e. The van der Waals surface area contributed by atoms with Gasteiger partial charge in [-0.05, 0) is 47.9 Å².